The lowest BCUT2D eigenvalue weighted by Crippen LogP contribution is -2.00. The summed E-state index contributed by atoms with van der Waals surface area (Å²) in [5, 5.41) is 0.550. The summed E-state index contributed by atoms with van der Waals surface area (Å²) < 4.78 is 4.58. The molecule has 0 heterocycles. The third-order valence-corrected chi connectivity index (χ3v) is 3.50. The van der Waals surface area contributed by atoms with Crippen molar-refractivity contribution in [3.63, 3.8) is 0 Å². The summed E-state index contributed by atoms with van der Waals surface area (Å²) in [5.74, 6) is -0.175. The fourth-order valence-corrected chi connectivity index (χ4v) is 2.45. The molecule has 0 amide bonds. The van der Waals surface area contributed by atoms with E-state index in [2.05, 4.69) is 35.7 Å². The first-order valence-corrected chi connectivity index (χ1v) is 7.33. The third-order valence-electron chi connectivity index (χ3n) is 2.41. The van der Waals surface area contributed by atoms with Crippen LogP contribution in [0.3, 0.4) is 0 Å². The third kappa shape index (κ3) is 6.43. The minimum absolute atomic E-state index is 0.175. The topological polar surface area (TPSA) is 38.7 Å². The van der Waals surface area contributed by atoms with Crippen LogP contribution in [-0.2, 0) is 9.53 Å². The minimum Gasteiger partial charge on any atom is -0.469 e. The molecule has 1 aromatic carbocycles. The van der Waals surface area contributed by atoms with Crippen molar-refractivity contribution >= 4 is 23.9 Å². The van der Waals surface area contributed by atoms with Gasteiger partial charge in [-0.25, -0.2) is 0 Å². The zero-order valence-electron chi connectivity index (χ0n) is 11.8. The number of nitrogens with zero attached hydrogens (tertiary/aromatic N) is 1. The molecular formula is C15H21NO2S. The number of thioether (sulfide) groups is 1. The molecule has 0 aliphatic carbocycles. The van der Waals surface area contributed by atoms with Gasteiger partial charge in [0.15, 0.2) is 0 Å². The Hall–Kier alpha value is -1.29. The summed E-state index contributed by atoms with van der Waals surface area (Å²) in [6.07, 6.45) is 3.04. The molecule has 0 aliphatic heterocycles. The highest BCUT2D eigenvalue weighted by molar-refractivity contribution is 8.00. The molecule has 0 aliphatic rings. The van der Waals surface area contributed by atoms with E-state index in [0.717, 1.165) is 12.0 Å². The number of benzene rings is 1. The van der Waals surface area contributed by atoms with Crippen molar-refractivity contribution in [2.45, 2.75) is 36.8 Å². The first-order chi connectivity index (χ1) is 9.13. The number of carbonyl (C=O) groups is 1. The quantitative estimate of drug-likeness (QED) is 0.331. The number of methoxy groups -OCH3 is 1. The highest BCUT2D eigenvalue weighted by Gasteiger charge is 2.02. The normalized spacial score (nSPS) is 11.2. The molecule has 0 saturated heterocycles. The number of rotatable bonds is 7. The summed E-state index contributed by atoms with van der Waals surface area (Å²) in [6, 6.07) is 8.23. The predicted octanol–water partition coefficient (Wildman–Crippen LogP) is 3.56. The van der Waals surface area contributed by atoms with Crippen molar-refractivity contribution in [1.29, 1.82) is 0 Å². The maximum atomic E-state index is 10.9. The monoisotopic (exact) mass is 279 g/mol. The van der Waals surface area contributed by atoms with Crippen LogP contribution >= 0.6 is 11.8 Å². The standard InChI is InChI=1S/C15H21NO2S/c1-12(2)19-14-8-5-4-7-13(14)11-16-10-6-9-15(17)18-3/h4-5,7-8,11-12H,6,9-10H2,1-3H3. The van der Waals surface area contributed by atoms with Gasteiger partial charge < -0.3 is 4.74 Å². The van der Waals surface area contributed by atoms with Crippen LogP contribution in [0.4, 0.5) is 0 Å². The van der Waals surface area contributed by atoms with Crippen LogP contribution in [0.15, 0.2) is 34.2 Å². The maximum Gasteiger partial charge on any atom is 0.305 e. The van der Waals surface area contributed by atoms with Gasteiger partial charge in [0.1, 0.15) is 0 Å². The van der Waals surface area contributed by atoms with Gasteiger partial charge >= 0.3 is 5.97 Å². The van der Waals surface area contributed by atoms with Crippen LogP contribution in [0.2, 0.25) is 0 Å². The molecule has 0 saturated carbocycles. The molecule has 0 bridgehead atoms. The number of hydrogen-bond acceptors (Lipinski definition) is 4. The van der Waals surface area contributed by atoms with Gasteiger partial charge in [0.2, 0.25) is 0 Å². The molecule has 1 aromatic rings. The molecule has 0 aromatic heterocycles. The molecule has 4 heteroatoms. The summed E-state index contributed by atoms with van der Waals surface area (Å²) in [6.45, 7) is 5.00. The van der Waals surface area contributed by atoms with Gasteiger partial charge in [-0.2, -0.15) is 0 Å². The summed E-state index contributed by atoms with van der Waals surface area (Å²) in [7, 11) is 1.41. The van der Waals surface area contributed by atoms with Crippen LogP contribution < -0.4 is 0 Å². The Morgan fingerprint density at radius 3 is 2.84 bits per heavy atom. The number of ether oxygens (including phenoxy) is 1. The van der Waals surface area contributed by atoms with Gasteiger partial charge in [-0.1, -0.05) is 32.0 Å². The van der Waals surface area contributed by atoms with Crippen LogP contribution in [0.1, 0.15) is 32.3 Å². The summed E-state index contributed by atoms with van der Waals surface area (Å²) >= 11 is 1.83. The Labute approximate surface area is 119 Å². The van der Waals surface area contributed by atoms with Crippen LogP contribution in [0.25, 0.3) is 0 Å². The molecule has 1 rings (SSSR count). The Kier molecular flexibility index (Phi) is 7.26. The smallest absolute Gasteiger partial charge is 0.305 e. The van der Waals surface area contributed by atoms with E-state index in [1.165, 1.54) is 12.0 Å². The van der Waals surface area contributed by atoms with E-state index in [0.29, 0.717) is 18.2 Å². The van der Waals surface area contributed by atoms with E-state index in [-0.39, 0.29) is 5.97 Å². The van der Waals surface area contributed by atoms with E-state index in [9.17, 15) is 4.79 Å². The average Bonchev–Trinajstić information content (AvgIpc) is 2.39. The zero-order valence-corrected chi connectivity index (χ0v) is 12.6. The molecule has 0 spiro atoms. The van der Waals surface area contributed by atoms with Crippen molar-refractivity contribution in [1.82, 2.24) is 0 Å². The van der Waals surface area contributed by atoms with Gasteiger partial charge in [-0.05, 0) is 12.5 Å². The Balaban J connectivity index is 2.49. The van der Waals surface area contributed by atoms with Crippen molar-refractivity contribution in [3.8, 4) is 0 Å². The first-order valence-electron chi connectivity index (χ1n) is 6.46. The number of carbonyl (C=O) groups excluding carboxylic acids is 1. The van der Waals surface area contributed by atoms with Crippen molar-refractivity contribution in [2.24, 2.45) is 4.99 Å². The molecule has 0 N–H and O–H groups in total. The van der Waals surface area contributed by atoms with E-state index in [1.807, 2.05) is 30.1 Å². The minimum atomic E-state index is -0.175. The number of esters is 1. The first kappa shape index (κ1) is 15.8. The molecule has 0 fully saturated rings. The number of aliphatic imine (C=N–C) groups is 1. The molecule has 104 valence electrons. The van der Waals surface area contributed by atoms with Crippen LogP contribution in [-0.4, -0.2) is 31.1 Å². The largest absolute Gasteiger partial charge is 0.469 e. The molecule has 0 unspecified atom stereocenters. The van der Waals surface area contributed by atoms with Gasteiger partial charge in [0.05, 0.1) is 7.11 Å². The second-order valence-corrected chi connectivity index (χ2v) is 6.04. The van der Waals surface area contributed by atoms with Crippen molar-refractivity contribution < 1.29 is 9.53 Å². The fraction of sp³-hybridized carbons (Fsp3) is 0.467. The van der Waals surface area contributed by atoms with Gasteiger partial charge in [0, 0.05) is 34.9 Å². The Morgan fingerprint density at radius 1 is 1.42 bits per heavy atom. The SMILES string of the molecule is COC(=O)CCCN=Cc1ccccc1SC(C)C. The van der Waals surface area contributed by atoms with Crippen molar-refractivity contribution in [2.75, 3.05) is 13.7 Å². The fourth-order valence-electron chi connectivity index (χ4n) is 1.53. The van der Waals surface area contributed by atoms with Crippen LogP contribution in [0, 0.1) is 0 Å². The Morgan fingerprint density at radius 2 is 2.16 bits per heavy atom. The maximum absolute atomic E-state index is 10.9. The zero-order chi connectivity index (χ0) is 14.1. The number of hydrogen-bond donors (Lipinski definition) is 0. The lowest BCUT2D eigenvalue weighted by atomic mass is 10.2. The summed E-state index contributed by atoms with van der Waals surface area (Å²) in [5.41, 5.74) is 1.14. The highest BCUT2D eigenvalue weighted by Crippen LogP contribution is 2.25. The molecular weight excluding hydrogens is 258 g/mol. The van der Waals surface area contributed by atoms with Gasteiger partial charge in [-0.15, -0.1) is 11.8 Å². The highest BCUT2D eigenvalue weighted by atomic mass is 32.2. The van der Waals surface area contributed by atoms with E-state index < -0.39 is 0 Å². The van der Waals surface area contributed by atoms with Gasteiger partial charge in [-0.3, -0.25) is 9.79 Å². The van der Waals surface area contributed by atoms with Crippen molar-refractivity contribution in [3.05, 3.63) is 29.8 Å². The molecule has 19 heavy (non-hydrogen) atoms. The Bertz CT molecular complexity index is 430. The second kappa shape index (κ2) is 8.75. The molecule has 0 atom stereocenters. The van der Waals surface area contributed by atoms with Crippen LogP contribution in [0.5, 0.6) is 0 Å². The predicted molar refractivity (Wildman–Crippen MR) is 81.1 cm³/mol. The lowest BCUT2D eigenvalue weighted by Gasteiger charge is -2.07. The van der Waals surface area contributed by atoms with E-state index in [4.69, 9.17) is 0 Å². The second-order valence-electron chi connectivity index (χ2n) is 4.42. The van der Waals surface area contributed by atoms with Gasteiger partial charge in [0.25, 0.3) is 0 Å². The van der Waals surface area contributed by atoms with E-state index in [1.54, 1.807) is 0 Å². The average molecular weight is 279 g/mol. The molecule has 3 nitrogen and oxygen atoms in total. The molecule has 0 radical (unpaired) electrons. The lowest BCUT2D eigenvalue weighted by molar-refractivity contribution is -0.140. The van der Waals surface area contributed by atoms with E-state index >= 15 is 0 Å². The summed E-state index contributed by atoms with van der Waals surface area (Å²) in [4.78, 5) is 16.6.